The van der Waals surface area contributed by atoms with Crippen molar-refractivity contribution < 1.29 is 9.53 Å². The number of benzene rings is 2. The summed E-state index contributed by atoms with van der Waals surface area (Å²) in [6.07, 6.45) is 1.55. The average molecular weight is 348 g/mol. The van der Waals surface area contributed by atoms with Crippen molar-refractivity contribution in [3.8, 4) is 5.75 Å². The molecule has 0 aliphatic rings. The van der Waals surface area contributed by atoms with E-state index < -0.39 is 0 Å². The van der Waals surface area contributed by atoms with Crippen molar-refractivity contribution in [2.24, 2.45) is 0 Å². The van der Waals surface area contributed by atoms with Gasteiger partial charge in [-0.1, -0.05) is 12.1 Å². The minimum Gasteiger partial charge on any atom is -0.494 e. The lowest BCUT2D eigenvalue weighted by molar-refractivity contribution is 0.102. The van der Waals surface area contributed by atoms with Gasteiger partial charge in [-0.25, -0.2) is 9.97 Å². The maximum atomic E-state index is 12.4. The van der Waals surface area contributed by atoms with Gasteiger partial charge in [0.25, 0.3) is 5.91 Å². The maximum absolute atomic E-state index is 12.4. The summed E-state index contributed by atoms with van der Waals surface area (Å²) in [6, 6.07) is 16.6. The van der Waals surface area contributed by atoms with E-state index in [9.17, 15) is 4.79 Å². The average Bonchev–Trinajstić information content (AvgIpc) is 2.64. The van der Waals surface area contributed by atoms with Crippen LogP contribution in [0.15, 0.2) is 60.8 Å². The number of ether oxygens (including phenoxy) is 1. The number of hydrogen-bond acceptors (Lipinski definition) is 5. The van der Waals surface area contributed by atoms with Crippen molar-refractivity contribution in [3.63, 3.8) is 0 Å². The molecular formula is C20H20N4O2. The molecule has 6 heteroatoms. The van der Waals surface area contributed by atoms with E-state index in [4.69, 9.17) is 4.74 Å². The van der Waals surface area contributed by atoms with Gasteiger partial charge in [0.05, 0.1) is 6.61 Å². The monoisotopic (exact) mass is 348 g/mol. The summed E-state index contributed by atoms with van der Waals surface area (Å²) in [5.74, 6) is 0.830. The number of carbonyl (C=O) groups excluding carboxylic acids is 1. The van der Waals surface area contributed by atoms with E-state index in [1.807, 2.05) is 50.2 Å². The lowest BCUT2D eigenvalue weighted by atomic mass is 10.2. The Morgan fingerprint density at radius 3 is 2.62 bits per heavy atom. The van der Waals surface area contributed by atoms with Gasteiger partial charge in [0.2, 0.25) is 5.95 Å². The first kappa shape index (κ1) is 17.4. The van der Waals surface area contributed by atoms with Crippen molar-refractivity contribution >= 4 is 23.2 Å². The number of carbonyl (C=O) groups is 1. The van der Waals surface area contributed by atoms with Crippen LogP contribution < -0.4 is 15.4 Å². The summed E-state index contributed by atoms with van der Waals surface area (Å²) < 4.78 is 5.39. The van der Waals surface area contributed by atoms with Gasteiger partial charge in [-0.2, -0.15) is 0 Å². The van der Waals surface area contributed by atoms with Crippen molar-refractivity contribution in [2.45, 2.75) is 13.8 Å². The molecular weight excluding hydrogens is 328 g/mol. The van der Waals surface area contributed by atoms with E-state index >= 15 is 0 Å². The largest absolute Gasteiger partial charge is 0.494 e. The second-order valence-electron chi connectivity index (χ2n) is 5.67. The Labute approximate surface area is 152 Å². The minimum atomic E-state index is -0.302. The van der Waals surface area contributed by atoms with Crippen LogP contribution in [0.2, 0.25) is 0 Å². The zero-order valence-corrected chi connectivity index (χ0v) is 14.7. The topological polar surface area (TPSA) is 76.1 Å². The fourth-order valence-electron chi connectivity index (χ4n) is 2.39. The van der Waals surface area contributed by atoms with E-state index in [1.165, 1.54) is 0 Å². The second-order valence-corrected chi connectivity index (χ2v) is 5.67. The normalized spacial score (nSPS) is 10.2. The van der Waals surface area contributed by atoms with E-state index in [0.29, 0.717) is 18.2 Å². The molecule has 132 valence electrons. The van der Waals surface area contributed by atoms with Crippen molar-refractivity contribution in [3.05, 3.63) is 72.1 Å². The number of aryl methyl sites for hydroxylation is 1. The molecule has 0 unspecified atom stereocenters. The van der Waals surface area contributed by atoms with Crippen LogP contribution in [-0.2, 0) is 0 Å². The molecule has 0 radical (unpaired) electrons. The van der Waals surface area contributed by atoms with Gasteiger partial charge in [0.1, 0.15) is 11.4 Å². The number of amides is 1. The van der Waals surface area contributed by atoms with E-state index in [1.54, 1.807) is 24.4 Å². The lowest BCUT2D eigenvalue weighted by Crippen LogP contribution is -2.14. The zero-order chi connectivity index (χ0) is 18.4. The number of nitrogens with zero attached hydrogens (tertiary/aromatic N) is 2. The molecule has 3 rings (SSSR count). The summed E-state index contributed by atoms with van der Waals surface area (Å²) in [7, 11) is 0. The predicted octanol–water partition coefficient (Wildman–Crippen LogP) is 4.18. The highest BCUT2D eigenvalue weighted by Crippen LogP contribution is 2.17. The third-order valence-electron chi connectivity index (χ3n) is 3.59. The first-order chi connectivity index (χ1) is 12.6. The Kier molecular flexibility index (Phi) is 5.43. The quantitative estimate of drug-likeness (QED) is 0.699. The lowest BCUT2D eigenvalue weighted by Gasteiger charge is -2.08. The molecule has 0 bridgehead atoms. The molecule has 0 aliphatic carbocycles. The summed E-state index contributed by atoms with van der Waals surface area (Å²) in [5, 5.41) is 5.92. The number of rotatable bonds is 6. The molecule has 0 aliphatic heterocycles. The van der Waals surface area contributed by atoms with E-state index in [-0.39, 0.29) is 11.6 Å². The Morgan fingerprint density at radius 2 is 1.88 bits per heavy atom. The second kappa shape index (κ2) is 8.11. The molecule has 0 saturated heterocycles. The molecule has 2 aromatic carbocycles. The summed E-state index contributed by atoms with van der Waals surface area (Å²) >= 11 is 0. The standard InChI is InChI=1S/C20H20N4O2/c1-3-26-17-9-7-15(8-10-17)22-19(25)18-11-12-21-20(24-18)23-16-6-4-5-14(2)13-16/h4-13H,3H2,1-2H3,(H,22,25)(H,21,23,24). The molecule has 1 aromatic heterocycles. The number of nitrogens with one attached hydrogen (secondary N) is 2. The van der Waals surface area contributed by atoms with E-state index in [2.05, 4.69) is 20.6 Å². The molecule has 1 amide bonds. The molecule has 3 aromatic rings. The fraction of sp³-hybridized carbons (Fsp3) is 0.150. The summed E-state index contributed by atoms with van der Waals surface area (Å²) in [5.41, 5.74) is 2.95. The van der Waals surface area contributed by atoms with Gasteiger partial charge < -0.3 is 15.4 Å². The van der Waals surface area contributed by atoms with Gasteiger partial charge in [-0.3, -0.25) is 4.79 Å². The molecule has 26 heavy (non-hydrogen) atoms. The van der Waals surface area contributed by atoms with Crippen LogP contribution >= 0.6 is 0 Å². The first-order valence-corrected chi connectivity index (χ1v) is 8.35. The molecule has 2 N–H and O–H groups in total. The van der Waals surface area contributed by atoms with Crippen LogP contribution in [0.4, 0.5) is 17.3 Å². The smallest absolute Gasteiger partial charge is 0.274 e. The highest BCUT2D eigenvalue weighted by atomic mass is 16.5. The molecule has 0 atom stereocenters. The van der Waals surface area contributed by atoms with Crippen LogP contribution in [0.25, 0.3) is 0 Å². The highest BCUT2D eigenvalue weighted by Gasteiger charge is 2.10. The predicted molar refractivity (Wildman–Crippen MR) is 102 cm³/mol. The van der Waals surface area contributed by atoms with Crippen LogP contribution in [0.3, 0.4) is 0 Å². The minimum absolute atomic E-state index is 0.282. The van der Waals surface area contributed by atoms with E-state index in [0.717, 1.165) is 17.0 Å². The van der Waals surface area contributed by atoms with Crippen LogP contribution in [0.5, 0.6) is 5.75 Å². The van der Waals surface area contributed by atoms with Crippen LogP contribution in [0.1, 0.15) is 23.0 Å². The highest BCUT2D eigenvalue weighted by molar-refractivity contribution is 6.03. The molecule has 1 heterocycles. The van der Waals surface area contributed by atoms with Crippen LogP contribution in [0, 0.1) is 6.92 Å². The molecule has 0 saturated carbocycles. The molecule has 0 fully saturated rings. The van der Waals surface area contributed by atoms with Gasteiger partial charge >= 0.3 is 0 Å². The van der Waals surface area contributed by atoms with Crippen LogP contribution in [-0.4, -0.2) is 22.5 Å². The number of aromatic nitrogens is 2. The van der Waals surface area contributed by atoms with Gasteiger partial charge in [0, 0.05) is 17.6 Å². The Bertz CT molecular complexity index is 894. The summed E-state index contributed by atoms with van der Waals surface area (Å²) in [4.78, 5) is 20.9. The first-order valence-electron chi connectivity index (χ1n) is 8.35. The van der Waals surface area contributed by atoms with Gasteiger partial charge in [0.15, 0.2) is 0 Å². The SMILES string of the molecule is CCOc1ccc(NC(=O)c2ccnc(Nc3cccc(C)c3)n2)cc1. The van der Waals surface area contributed by atoms with Gasteiger partial charge in [-0.05, 0) is 61.9 Å². The zero-order valence-electron chi connectivity index (χ0n) is 14.7. The Balaban J connectivity index is 1.69. The number of hydrogen-bond donors (Lipinski definition) is 2. The third-order valence-corrected chi connectivity index (χ3v) is 3.59. The molecule has 6 nitrogen and oxygen atoms in total. The van der Waals surface area contributed by atoms with Crippen molar-refractivity contribution in [2.75, 3.05) is 17.2 Å². The third kappa shape index (κ3) is 4.57. The van der Waals surface area contributed by atoms with Gasteiger partial charge in [-0.15, -0.1) is 0 Å². The number of anilines is 3. The Morgan fingerprint density at radius 1 is 1.08 bits per heavy atom. The fourth-order valence-corrected chi connectivity index (χ4v) is 2.39. The maximum Gasteiger partial charge on any atom is 0.274 e. The Hall–Kier alpha value is -3.41. The van der Waals surface area contributed by atoms with Crippen molar-refractivity contribution in [1.82, 2.24) is 9.97 Å². The van der Waals surface area contributed by atoms with Crippen molar-refractivity contribution in [1.29, 1.82) is 0 Å². The molecule has 0 spiro atoms. The summed E-state index contributed by atoms with van der Waals surface area (Å²) in [6.45, 7) is 4.53.